The molecule has 698 valence electrons. The summed E-state index contributed by atoms with van der Waals surface area (Å²) in [7, 11) is 0. The van der Waals surface area contributed by atoms with Gasteiger partial charge in [-0.25, -0.2) is 47.9 Å². The number of aromatic hydroxyl groups is 29. The minimum Gasteiger partial charge on any atom is -0.504 e. The Hall–Kier alpha value is -19.2. The summed E-state index contributed by atoms with van der Waals surface area (Å²) in [4.78, 5) is 148. The number of phenolic OH excluding ortho intramolecular Hbond substituents is 29. The number of hydrogen-bond donors (Lipinski definition) is 29. The third-order valence-corrected chi connectivity index (χ3v) is 20.4. The van der Waals surface area contributed by atoms with E-state index in [0.717, 1.165) is 0 Å². The van der Waals surface area contributed by atoms with Gasteiger partial charge in [0.2, 0.25) is 59.3 Å². The molecule has 0 amide bonds. The van der Waals surface area contributed by atoms with Crippen LogP contribution in [0.1, 0.15) is 104 Å². The van der Waals surface area contributed by atoms with E-state index in [1.165, 1.54) is 0 Å². The van der Waals surface area contributed by atoms with Gasteiger partial charge in [0.1, 0.15) is 31.0 Å². The minimum atomic E-state index is -3.13. The van der Waals surface area contributed by atoms with Crippen LogP contribution in [0.4, 0.5) is 0 Å². The second kappa shape index (κ2) is 34.2. The lowest BCUT2D eigenvalue weighted by Gasteiger charge is -2.43. The van der Waals surface area contributed by atoms with E-state index in [9.17, 15) is 177 Å². The van der Waals surface area contributed by atoms with E-state index in [4.69, 9.17) is 61.6 Å². The number of esters is 10. The molecule has 4 aliphatic rings. The maximum absolute atomic E-state index is 15.5. The lowest BCUT2D eigenvalue weighted by atomic mass is 9.91. The van der Waals surface area contributed by atoms with Crippen LogP contribution in [0.25, 0.3) is 22.3 Å². The van der Waals surface area contributed by atoms with Gasteiger partial charge >= 0.3 is 59.7 Å². The third-order valence-electron chi connectivity index (χ3n) is 20.4. The van der Waals surface area contributed by atoms with Crippen LogP contribution in [0.2, 0.25) is 0 Å². The van der Waals surface area contributed by atoms with Crippen LogP contribution in [0.15, 0.2) is 91.0 Å². The molecular weight excluding hydrogens is 1820 g/mol. The first-order valence-corrected chi connectivity index (χ1v) is 37.0. The van der Waals surface area contributed by atoms with E-state index in [0.29, 0.717) is 66.7 Å². The molecule has 10 aromatic rings. The third kappa shape index (κ3) is 16.2. The van der Waals surface area contributed by atoms with Crippen molar-refractivity contribution in [2.24, 2.45) is 0 Å². The molecule has 10 atom stereocenters. The lowest BCUT2D eigenvalue weighted by Crippen LogP contribution is -2.63. The van der Waals surface area contributed by atoms with Gasteiger partial charge < -0.3 is 210 Å². The molecule has 0 aromatic heterocycles. The van der Waals surface area contributed by atoms with E-state index in [1.54, 1.807) is 0 Å². The summed E-state index contributed by atoms with van der Waals surface area (Å²) in [6, 6.07) is 4.94. The highest BCUT2D eigenvalue weighted by Crippen LogP contribution is 2.58. The van der Waals surface area contributed by atoms with E-state index >= 15 is 19.2 Å². The fourth-order valence-electron chi connectivity index (χ4n) is 13.9. The van der Waals surface area contributed by atoms with Crippen molar-refractivity contribution in [3.63, 3.8) is 0 Å². The number of benzene rings is 10. The van der Waals surface area contributed by atoms with Crippen LogP contribution in [0, 0.1) is 0 Å². The predicted molar refractivity (Wildman–Crippen MR) is 415 cm³/mol. The standard InChI is InChI=1S/C82H58O52/c83-28-1-18(2-29(84)49(28)97)71(112)129-67-65-43(125-81(133-75(116)22-9-36(91)53(101)37(92)10-22)69(67)131-73(114)20-5-32(87)51(99)33(88)6-20)17-123-77(118)26-15-42(58(106)62(110)48(26)47-25(79(120)127-65)13-40(95)56(104)61(47)109)124-64-27(14-41(96)57(105)63(64)111)80(121)134-82-70(132-74(115)21-7-34(89)52(100)35(90)8-21)68(130-72(113)19-3-30(85)50(98)31(86)4-19)66-44(126-82)16-122-76(117)23-11-38(93)54(102)59(107)45(23)46-24(78(119)128-66)12-39(94)55(103)60(46)108/h1-15,43-44,65-70,81-111H,16-17H2/t43-,44-,65-,66-,67+,68+,69-,70-,81+,82+/m1/s1. The van der Waals surface area contributed by atoms with Crippen molar-refractivity contribution < 1.29 is 258 Å². The maximum Gasteiger partial charge on any atom is 0.344 e. The topological polar surface area (TPSA) is 877 Å². The average Bonchev–Trinajstić information content (AvgIpc) is 1.18. The van der Waals surface area contributed by atoms with Gasteiger partial charge in [0, 0.05) is 34.4 Å². The number of phenols is 29. The monoisotopic (exact) mass is 1870 g/mol. The zero-order valence-corrected chi connectivity index (χ0v) is 65.7. The molecule has 0 spiro atoms. The van der Waals surface area contributed by atoms with Gasteiger partial charge in [-0.3, -0.25) is 0 Å². The van der Waals surface area contributed by atoms with Crippen molar-refractivity contribution in [2.75, 3.05) is 13.2 Å². The molecule has 0 aliphatic carbocycles. The van der Waals surface area contributed by atoms with E-state index in [2.05, 4.69) is 0 Å². The van der Waals surface area contributed by atoms with E-state index in [1.807, 2.05) is 0 Å². The molecule has 0 radical (unpaired) electrons. The van der Waals surface area contributed by atoms with Crippen LogP contribution in [0.5, 0.6) is 178 Å². The molecule has 4 aliphatic heterocycles. The first-order valence-electron chi connectivity index (χ1n) is 37.0. The Labute approximate surface area is 736 Å². The quantitative estimate of drug-likeness (QED) is 0.0419. The van der Waals surface area contributed by atoms with Crippen molar-refractivity contribution in [2.45, 2.75) is 61.4 Å². The smallest absolute Gasteiger partial charge is 0.344 e. The van der Waals surface area contributed by atoms with Gasteiger partial charge in [-0.15, -0.1) is 0 Å². The summed E-state index contributed by atoms with van der Waals surface area (Å²) in [5.74, 6) is -65.9. The van der Waals surface area contributed by atoms with Crippen LogP contribution < -0.4 is 4.74 Å². The van der Waals surface area contributed by atoms with Crippen LogP contribution in [0.3, 0.4) is 0 Å². The second-order valence-electron chi connectivity index (χ2n) is 28.7. The van der Waals surface area contributed by atoms with Crippen LogP contribution in [-0.2, 0) is 56.8 Å². The van der Waals surface area contributed by atoms with E-state index < -0.39 is 390 Å². The zero-order chi connectivity index (χ0) is 97.7. The molecule has 0 unspecified atom stereocenters. The number of carbonyl (C=O) groups excluding carboxylic acids is 10. The number of carbonyl (C=O) groups is 10. The summed E-state index contributed by atoms with van der Waals surface area (Å²) in [6.45, 7) is -3.27. The van der Waals surface area contributed by atoms with Gasteiger partial charge in [0.15, 0.2) is 168 Å². The molecule has 0 bridgehead atoms. The Kier molecular flexibility index (Phi) is 23.2. The second-order valence-corrected chi connectivity index (χ2v) is 28.7. The lowest BCUT2D eigenvalue weighted by molar-refractivity contribution is -0.282. The SMILES string of the molecule is O=C(O[C@@H]1O[C@@H]2COC(=O)c3cc(Oc4c(C(=O)O[C@@H]5O[C@@H]6COC(=O)c7cc(O)c(O)c(O)c7-c7c(cc(O)c(O)c7O)C(=O)O[C@H]6[C@H](OC(=O)c6cc(O)c(O)c(O)c6)[C@H]5OC(=O)c5cc(O)c(O)c(O)c5)cc(O)c(O)c4O)c(O)c(O)c3-c3c(cc(O)c(O)c3O)C(=O)O[C@H]2[C@H](OC(=O)c2cc(O)c(O)c(O)c2)[C@H]1OC(=O)c1cc(O)c(O)c(O)c1)c1cc(O)c(O)c(O)c1. The largest absolute Gasteiger partial charge is 0.504 e. The zero-order valence-electron chi connectivity index (χ0n) is 65.7. The number of hydrogen-bond acceptors (Lipinski definition) is 52. The van der Waals surface area contributed by atoms with Gasteiger partial charge in [0.05, 0.1) is 50.1 Å². The fourth-order valence-corrected chi connectivity index (χ4v) is 13.9. The molecule has 0 saturated carbocycles. The minimum absolute atomic E-state index is 0.0750. The van der Waals surface area contributed by atoms with Crippen LogP contribution in [-0.4, -0.2) is 282 Å². The number of ether oxygens (including phenoxy) is 13. The summed E-state index contributed by atoms with van der Waals surface area (Å²) in [6.07, 6.45) is -28.5. The first-order chi connectivity index (χ1) is 63.0. The fraction of sp³-hybridized carbons (Fsp3) is 0.146. The Morgan fingerprint density at radius 2 is 0.485 bits per heavy atom. The summed E-state index contributed by atoms with van der Waals surface area (Å²) >= 11 is 0. The van der Waals surface area contributed by atoms with Crippen molar-refractivity contribution >= 4 is 59.7 Å². The molecule has 52 heteroatoms. The molecule has 52 nitrogen and oxygen atoms in total. The number of cyclic esters (lactones) is 2. The van der Waals surface area contributed by atoms with Crippen molar-refractivity contribution in [3.8, 4) is 200 Å². The molecule has 10 aromatic carbocycles. The molecule has 14 rings (SSSR count). The molecule has 2 saturated heterocycles. The number of rotatable bonds is 14. The Morgan fingerprint density at radius 3 is 0.791 bits per heavy atom. The Balaban J connectivity index is 0.901. The molecule has 134 heavy (non-hydrogen) atoms. The van der Waals surface area contributed by atoms with Gasteiger partial charge in [-0.1, -0.05) is 0 Å². The molecular formula is C82H58O52. The maximum atomic E-state index is 15.5. The normalized spacial score (nSPS) is 19.1. The van der Waals surface area contributed by atoms with E-state index in [-0.39, 0.29) is 24.3 Å². The highest BCUT2D eigenvalue weighted by molar-refractivity contribution is 6.11. The predicted octanol–water partition coefficient (Wildman–Crippen LogP) is 3.73. The molecule has 29 N–H and O–H groups in total. The van der Waals surface area contributed by atoms with Crippen molar-refractivity contribution in [1.82, 2.24) is 0 Å². The van der Waals surface area contributed by atoms with Gasteiger partial charge in [-0.2, -0.15) is 0 Å². The highest BCUT2D eigenvalue weighted by atomic mass is 16.8. The first kappa shape index (κ1) is 91.0. The summed E-state index contributed by atoms with van der Waals surface area (Å²) in [5, 5.41) is 315. The molecule has 2 fully saturated rings. The van der Waals surface area contributed by atoms with Gasteiger partial charge in [0.25, 0.3) is 0 Å². The Morgan fingerprint density at radius 1 is 0.246 bits per heavy atom. The summed E-state index contributed by atoms with van der Waals surface area (Å²) < 4.78 is 74.3. The number of fused-ring (bicyclic) bond motifs is 8. The highest BCUT2D eigenvalue weighted by Gasteiger charge is 2.58. The molecule has 4 heterocycles. The van der Waals surface area contributed by atoms with Crippen LogP contribution >= 0.6 is 0 Å². The average molecular weight is 1880 g/mol. The van der Waals surface area contributed by atoms with Crippen molar-refractivity contribution in [1.29, 1.82) is 0 Å². The van der Waals surface area contributed by atoms with Gasteiger partial charge in [-0.05, 0) is 78.9 Å². The Bertz CT molecular complexity index is 6630. The van der Waals surface area contributed by atoms with Crippen molar-refractivity contribution in [3.05, 3.63) is 147 Å². The summed E-state index contributed by atoms with van der Waals surface area (Å²) in [5.41, 5.74) is -17.7.